The molecule has 2 aromatic carbocycles. The van der Waals surface area contributed by atoms with Gasteiger partial charge in [-0.2, -0.15) is 5.10 Å². The lowest BCUT2D eigenvalue weighted by molar-refractivity contribution is 0.284. The number of nitrogens with one attached hydrogen (secondary N) is 2. The third kappa shape index (κ3) is 4.35. The van der Waals surface area contributed by atoms with Crippen molar-refractivity contribution < 1.29 is 9.47 Å². The maximum atomic E-state index is 6.17. The van der Waals surface area contributed by atoms with Crippen LogP contribution in [0.15, 0.2) is 42.7 Å². The number of rotatable bonds is 7. The maximum absolute atomic E-state index is 6.17. The fourth-order valence-corrected chi connectivity index (χ4v) is 2.74. The molecule has 0 bridgehead atoms. The minimum absolute atomic E-state index is 0.254. The Balaban J connectivity index is 1.69. The topological polar surface area (TPSA) is 72.1 Å². The summed E-state index contributed by atoms with van der Waals surface area (Å²) in [6, 6.07) is 11.0. The van der Waals surface area contributed by atoms with Crippen LogP contribution in [0.3, 0.4) is 0 Å². The second kappa shape index (κ2) is 8.09. The molecular weight excluding hydrogens is 363 g/mol. The normalized spacial score (nSPS) is 10.5. The predicted molar refractivity (Wildman–Crippen MR) is 97.5 cm³/mol. The van der Waals surface area contributed by atoms with Crippen LogP contribution in [-0.2, 0) is 13.2 Å². The number of aromatic amines is 1. The van der Waals surface area contributed by atoms with Crippen LogP contribution in [0.25, 0.3) is 0 Å². The number of H-pyrrole nitrogens is 1. The van der Waals surface area contributed by atoms with Gasteiger partial charge >= 0.3 is 0 Å². The highest BCUT2D eigenvalue weighted by molar-refractivity contribution is 6.35. The number of ether oxygens (including phenoxy) is 2. The summed E-state index contributed by atoms with van der Waals surface area (Å²) in [6.45, 7) is 0.826. The van der Waals surface area contributed by atoms with E-state index in [0.29, 0.717) is 34.0 Å². The first-order chi connectivity index (χ1) is 12.2. The van der Waals surface area contributed by atoms with Crippen molar-refractivity contribution in [3.8, 4) is 11.5 Å². The molecule has 6 nitrogen and oxygen atoms in total. The Morgan fingerprint density at radius 1 is 1.12 bits per heavy atom. The summed E-state index contributed by atoms with van der Waals surface area (Å²) >= 11 is 12.3. The molecule has 2 N–H and O–H groups in total. The van der Waals surface area contributed by atoms with Gasteiger partial charge in [0.15, 0.2) is 11.5 Å². The molecule has 0 fully saturated rings. The standard InChI is InChI=1S/C17H16Cl2N4O2/c1-24-16-7-11(8-20-17-21-10-22-23-17)5-6-15(16)25-9-12-13(18)3-2-4-14(12)19/h2-7,10H,8-9H2,1H3,(H2,20,21,22,23). The maximum Gasteiger partial charge on any atom is 0.218 e. The molecule has 0 unspecified atom stereocenters. The van der Waals surface area contributed by atoms with Crippen LogP contribution < -0.4 is 14.8 Å². The highest BCUT2D eigenvalue weighted by atomic mass is 35.5. The zero-order valence-electron chi connectivity index (χ0n) is 13.4. The fraction of sp³-hybridized carbons (Fsp3) is 0.176. The van der Waals surface area contributed by atoms with E-state index in [-0.39, 0.29) is 6.61 Å². The molecule has 0 aliphatic heterocycles. The van der Waals surface area contributed by atoms with Crippen LogP contribution in [0.2, 0.25) is 10.0 Å². The highest BCUT2D eigenvalue weighted by Crippen LogP contribution is 2.31. The van der Waals surface area contributed by atoms with Gasteiger partial charge in [0.25, 0.3) is 0 Å². The molecule has 1 aromatic heterocycles. The molecule has 3 rings (SSSR count). The van der Waals surface area contributed by atoms with Gasteiger partial charge in [-0.3, -0.25) is 0 Å². The molecule has 8 heteroatoms. The van der Waals surface area contributed by atoms with E-state index < -0.39 is 0 Å². The summed E-state index contributed by atoms with van der Waals surface area (Å²) < 4.78 is 11.3. The van der Waals surface area contributed by atoms with Crippen LogP contribution in [0, 0.1) is 0 Å². The first-order valence-electron chi connectivity index (χ1n) is 7.49. The molecule has 130 valence electrons. The lowest BCUT2D eigenvalue weighted by atomic mass is 10.2. The molecule has 0 aliphatic carbocycles. The molecule has 0 radical (unpaired) electrons. The summed E-state index contributed by atoms with van der Waals surface area (Å²) in [5, 5.41) is 10.8. The highest BCUT2D eigenvalue weighted by Gasteiger charge is 2.10. The van der Waals surface area contributed by atoms with E-state index in [4.69, 9.17) is 32.7 Å². The summed E-state index contributed by atoms with van der Waals surface area (Å²) in [5.41, 5.74) is 1.75. The molecule has 0 aliphatic rings. The minimum atomic E-state index is 0.254. The largest absolute Gasteiger partial charge is 0.493 e. The van der Waals surface area contributed by atoms with Crippen LogP contribution >= 0.6 is 23.2 Å². The number of hydrogen-bond donors (Lipinski definition) is 2. The van der Waals surface area contributed by atoms with Gasteiger partial charge in [-0.15, -0.1) is 0 Å². The van der Waals surface area contributed by atoms with Gasteiger partial charge in [-0.05, 0) is 29.8 Å². The zero-order chi connectivity index (χ0) is 17.6. The van der Waals surface area contributed by atoms with E-state index in [0.717, 1.165) is 11.1 Å². The van der Waals surface area contributed by atoms with Crippen LogP contribution in [0.5, 0.6) is 11.5 Å². The lowest BCUT2D eigenvalue weighted by Crippen LogP contribution is -2.03. The number of methoxy groups -OCH3 is 1. The van der Waals surface area contributed by atoms with Crippen LogP contribution in [0.1, 0.15) is 11.1 Å². The summed E-state index contributed by atoms with van der Waals surface area (Å²) in [4.78, 5) is 4.01. The summed E-state index contributed by atoms with van der Waals surface area (Å²) in [6.07, 6.45) is 1.44. The monoisotopic (exact) mass is 378 g/mol. The molecule has 1 heterocycles. The van der Waals surface area contributed by atoms with Gasteiger partial charge in [-0.1, -0.05) is 35.3 Å². The smallest absolute Gasteiger partial charge is 0.218 e. The second-order valence-corrected chi connectivity index (χ2v) is 5.98. The van der Waals surface area contributed by atoms with Crippen molar-refractivity contribution in [2.45, 2.75) is 13.2 Å². The number of aromatic nitrogens is 3. The number of benzene rings is 2. The van der Waals surface area contributed by atoms with Gasteiger partial charge in [0, 0.05) is 22.2 Å². The van der Waals surface area contributed by atoms with Crippen molar-refractivity contribution in [3.63, 3.8) is 0 Å². The van der Waals surface area contributed by atoms with Crippen molar-refractivity contribution in [3.05, 3.63) is 63.9 Å². The Bertz CT molecular complexity index is 820. The van der Waals surface area contributed by atoms with Gasteiger partial charge < -0.3 is 14.8 Å². The van der Waals surface area contributed by atoms with Crippen molar-refractivity contribution in [1.29, 1.82) is 0 Å². The number of halogens is 2. The van der Waals surface area contributed by atoms with Crippen molar-refractivity contribution >= 4 is 29.2 Å². The Labute approximate surface area is 155 Å². The van der Waals surface area contributed by atoms with Crippen LogP contribution in [-0.4, -0.2) is 22.3 Å². The number of nitrogens with zero attached hydrogens (tertiary/aromatic N) is 2. The average molecular weight is 379 g/mol. The second-order valence-electron chi connectivity index (χ2n) is 5.16. The Morgan fingerprint density at radius 2 is 1.92 bits per heavy atom. The predicted octanol–water partition coefficient (Wildman–Crippen LogP) is 4.31. The zero-order valence-corrected chi connectivity index (χ0v) is 14.9. The first kappa shape index (κ1) is 17.4. The molecule has 0 saturated carbocycles. The Hall–Kier alpha value is -2.44. The van der Waals surface area contributed by atoms with Gasteiger partial charge in [0.05, 0.1) is 7.11 Å². The van der Waals surface area contributed by atoms with Crippen molar-refractivity contribution in [2.24, 2.45) is 0 Å². The first-order valence-corrected chi connectivity index (χ1v) is 8.25. The minimum Gasteiger partial charge on any atom is -0.493 e. The SMILES string of the molecule is COc1cc(CNc2ncn[nH]2)ccc1OCc1c(Cl)cccc1Cl. The molecule has 25 heavy (non-hydrogen) atoms. The number of anilines is 1. The average Bonchev–Trinajstić information content (AvgIpc) is 3.13. The lowest BCUT2D eigenvalue weighted by Gasteiger charge is -2.14. The van der Waals surface area contributed by atoms with Gasteiger partial charge in [0.2, 0.25) is 5.95 Å². The van der Waals surface area contributed by atoms with Crippen molar-refractivity contribution in [1.82, 2.24) is 15.2 Å². The fourth-order valence-electron chi connectivity index (χ4n) is 2.24. The van der Waals surface area contributed by atoms with E-state index in [2.05, 4.69) is 20.5 Å². The third-order valence-electron chi connectivity index (χ3n) is 3.54. The molecular formula is C17H16Cl2N4O2. The van der Waals surface area contributed by atoms with Crippen molar-refractivity contribution in [2.75, 3.05) is 12.4 Å². The molecule has 0 amide bonds. The van der Waals surface area contributed by atoms with Gasteiger partial charge in [-0.25, -0.2) is 10.1 Å². The molecule has 3 aromatic rings. The Kier molecular flexibility index (Phi) is 5.63. The summed E-state index contributed by atoms with van der Waals surface area (Å²) in [7, 11) is 1.60. The van der Waals surface area contributed by atoms with E-state index in [9.17, 15) is 0 Å². The van der Waals surface area contributed by atoms with E-state index in [1.165, 1.54) is 6.33 Å². The third-order valence-corrected chi connectivity index (χ3v) is 4.24. The quantitative estimate of drug-likeness (QED) is 0.640. The number of hydrogen-bond acceptors (Lipinski definition) is 5. The van der Waals surface area contributed by atoms with E-state index in [1.54, 1.807) is 25.3 Å². The van der Waals surface area contributed by atoms with E-state index in [1.807, 2.05) is 18.2 Å². The molecule has 0 atom stereocenters. The van der Waals surface area contributed by atoms with E-state index >= 15 is 0 Å². The summed E-state index contributed by atoms with van der Waals surface area (Å²) in [5.74, 6) is 1.84. The molecule has 0 spiro atoms. The van der Waals surface area contributed by atoms with Crippen LogP contribution in [0.4, 0.5) is 5.95 Å². The Morgan fingerprint density at radius 3 is 2.60 bits per heavy atom. The molecule has 0 saturated heterocycles. The van der Waals surface area contributed by atoms with Gasteiger partial charge in [0.1, 0.15) is 12.9 Å².